The number of hydrogen-bond acceptors (Lipinski definition) is 3. The van der Waals surface area contributed by atoms with Crippen LogP contribution in [0.15, 0.2) is 24.3 Å². The van der Waals surface area contributed by atoms with Crippen LogP contribution in [0.3, 0.4) is 0 Å². The largest absolute Gasteiger partial charge is 0.491 e. The lowest BCUT2D eigenvalue weighted by atomic mass is 10.2. The average molecular weight is 260 g/mol. The molecule has 1 aromatic carbocycles. The summed E-state index contributed by atoms with van der Waals surface area (Å²) in [6, 6.07) is 7.81. The predicted molar refractivity (Wildman–Crippen MR) is 76.0 cm³/mol. The quantitative estimate of drug-likeness (QED) is 0.588. The van der Waals surface area contributed by atoms with Gasteiger partial charge in [-0.15, -0.1) is 6.42 Å². The minimum atomic E-state index is 0.00336. The maximum Gasteiger partial charge on any atom is 0.236 e. The first kappa shape index (κ1) is 15.1. The van der Waals surface area contributed by atoms with Gasteiger partial charge in [0.1, 0.15) is 12.4 Å². The number of ether oxygens (including phenoxy) is 1. The van der Waals surface area contributed by atoms with Gasteiger partial charge >= 0.3 is 0 Å². The summed E-state index contributed by atoms with van der Waals surface area (Å²) < 4.78 is 5.64. The van der Waals surface area contributed by atoms with Gasteiger partial charge in [0.05, 0.1) is 19.6 Å². The zero-order valence-electron chi connectivity index (χ0n) is 11.5. The van der Waals surface area contributed by atoms with Crippen LogP contribution in [0.5, 0.6) is 5.75 Å². The molecule has 0 aliphatic rings. The van der Waals surface area contributed by atoms with Crippen molar-refractivity contribution in [1.29, 1.82) is 0 Å². The van der Waals surface area contributed by atoms with E-state index in [-0.39, 0.29) is 12.5 Å². The van der Waals surface area contributed by atoms with Crippen molar-refractivity contribution < 1.29 is 9.53 Å². The molecule has 0 fully saturated rings. The van der Waals surface area contributed by atoms with Crippen LogP contribution in [0, 0.1) is 19.3 Å². The molecule has 4 nitrogen and oxygen atoms in total. The van der Waals surface area contributed by atoms with Crippen molar-refractivity contribution >= 4 is 5.91 Å². The number of likely N-dealkylation sites (N-methyl/N-ethyl adjacent to an activating group) is 1. The second-order valence-electron chi connectivity index (χ2n) is 4.24. The van der Waals surface area contributed by atoms with E-state index in [9.17, 15) is 4.79 Å². The first-order valence-corrected chi connectivity index (χ1v) is 6.21. The van der Waals surface area contributed by atoms with E-state index in [1.54, 1.807) is 11.9 Å². The fraction of sp³-hybridized carbons (Fsp3) is 0.400. The lowest BCUT2D eigenvalue weighted by Gasteiger charge is -2.18. The number of para-hydroxylation sites is 1. The summed E-state index contributed by atoms with van der Waals surface area (Å²) in [4.78, 5) is 13.3. The minimum Gasteiger partial charge on any atom is -0.491 e. The van der Waals surface area contributed by atoms with Crippen molar-refractivity contribution in [1.82, 2.24) is 10.2 Å². The molecule has 0 heterocycles. The molecule has 1 aromatic rings. The lowest BCUT2D eigenvalue weighted by Crippen LogP contribution is -2.37. The SMILES string of the molecule is C#CCNCC(=O)N(C)CCOc1ccccc1C. The number of rotatable bonds is 7. The molecule has 0 saturated heterocycles. The Bertz CT molecular complexity index is 452. The Hall–Kier alpha value is -1.99. The maximum atomic E-state index is 11.7. The van der Waals surface area contributed by atoms with Crippen LogP contribution in [-0.4, -0.2) is 44.1 Å². The van der Waals surface area contributed by atoms with Crippen LogP contribution in [0.2, 0.25) is 0 Å². The highest BCUT2D eigenvalue weighted by atomic mass is 16.5. The molecule has 0 unspecified atom stereocenters. The van der Waals surface area contributed by atoms with Gasteiger partial charge in [0, 0.05) is 7.05 Å². The van der Waals surface area contributed by atoms with E-state index in [1.165, 1.54) is 0 Å². The standard InChI is InChI=1S/C15H20N2O2/c1-4-9-16-12-15(18)17(3)10-11-19-14-8-6-5-7-13(14)2/h1,5-8,16H,9-12H2,2-3H3. The molecule has 0 spiro atoms. The summed E-state index contributed by atoms with van der Waals surface area (Å²) in [5.41, 5.74) is 1.09. The van der Waals surface area contributed by atoms with Crippen molar-refractivity contribution in [2.24, 2.45) is 0 Å². The molecule has 0 aliphatic heterocycles. The second kappa shape index (κ2) is 8.17. The summed E-state index contributed by atoms with van der Waals surface area (Å²) in [6.45, 7) is 3.67. The molecule has 0 radical (unpaired) electrons. The van der Waals surface area contributed by atoms with Crippen molar-refractivity contribution in [2.75, 3.05) is 33.3 Å². The number of amides is 1. The van der Waals surface area contributed by atoms with Gasteiger partial charge in [0.25, 0.3) is 0 Å². The highest BCUT2D eigenvalue weighted by molar-refractivity contribution is 5.77. The third-order valence-electron chi connectivity index (χ3n) is 2.71. The minimum absolute atomic E-state index is 0.00336. The Morgan fingerprint density at radius 1 is 1.47 bits per heavy atom. The van der Waals surface area contributed by atoms with Gasteiger partial charge < -0.3 is 9.64 Å². The highest BCUT2D eigenvalue weighted by Crippen LogP contribution is 2.15. The van der Waals surface area contributed by atoms with Crippen LogP contribution in [0.1, 0.15) is 5.56 Å². The first-order chi connectivity index (χ1) is 9.15. The van der Waals surface area contributed by atoms with Crippen molar-refractivity contribution in [3.05, 3.63) is 29.8 Å². The summed E-state index contributed by atoms with van der Waals surface area (Å²) in [7, 11) is 1.75. The highest BCUT2D eigenvalue weighted by Gasteiger charge is 2.07. The molecule has 1 amide bonds. The normalized spacial score (nSPS) is 9.74. The topological polar surface area (TPSA) is 41.6 Å². The number of carbonyl (C=O) groups excluding carboxylic acids is 1. The number of nitrogens with one attached hydrogen (secondary N) is 1. The molecule has 19 heavy (non-hydrogen) atoms. The van der Waals surface area contributed by atoms with E-state index >= 15 is 0 Å². The van der Waals surface area contributed by atoms with Crippen LogP contribution in [0.25, 0.3) is 0 Å². The summed E-state index contributed by atoms with van der Waals surface area (Å²) in [5.74, 6) is 3.29. The van der Waals surface area contributed by atoms with Gasteiger partial charge in [-0.3, -0.25) is 10.1 Å². The smallest absolute Gasteiger partial charge is 0.236 e. The van der Waals surface area contributed by atoms with Crippen molar-refractivity contribution in [2.45, 2.75) is 6.92 Å². The number of nitrogens with zero attached hydrogens (tertiary/aromatic N) is 1. The number of aryl methyl sites for hydroxylation is 1. The van der Waals surface area contributed by atoms with Gasteiger partial charge in [-0.05, 0) is 18.6 Å². The van der Waals surface area contributed by atoms with Gasteiger partial charge in [-0.25, -0.2) is 0 Å². The van der Waals surface area contributed by atoms with Gasteiger partial charge in [-0.1, -0.05) is 24.1 Å². The molecule has 102 valence electrons. The van der Waals surface area contributed by atoms with Gasteiger partial charge in [0.15, 0.2) is 0 Å². The van der Waals surface area contributed by atoms with Gasteiger partial charge in [-0.2, -0.15) is 0 Å². The van der Waals surface area contributed by atoms with E-state index in [2.05, 4.69) is 11.2 Å². The first-order valence-electron chi connectivity index (χ1n) is 6.21. The second-order valence-corrected chi connectivity index (χ2v) is 4.24. The molecular weight excluding hydrogens is 240 g/mol. The fourth-order valence-corrected chi connectivity index (χ4v) is 1.51. The maximum absolute atomic E-state index is 11.7. The zero-order valence-corrected chi connectivity index (χ0v) is 11.5. The molecule has 1 rings (SSSR count). The fourth-order valence-electron chi connectivity index (χ4n) is 1.51. The van der Waals surface area contributed by atoms with E-state index in [4.69, 9.17) is 11.2 Å². The molecule has 0 saturated carbocycles. The van der Waals surface area contributed by atoms with E-state index in [1.807, 2.05) is 31.2 Å². The Morgan fingerprint density at radius 2 is 2.21 bits per heavy atom. The van der Waals surface area contributed by atoms with Crippen LogP contribution < -0.4 is 10.1 Å². The molecule has 4 heteroatoms. The Labute approximate surface area is 114 Å². The molecule has 1 N–H and O–H groups in total. The molecule has 0 bridgehead atoms. The number of hydrogen-bond donors (Lipinski definition) is 1. The van der Waals surface area contributed by atoms with E-state index in [0.29, 0.717) is 19.7 Å². The molecular formula is C15H20N2O2. The number of benzene rings is 1. The number of carbonyl (C=O) groups is 1. The third-order valence-corrected chi connectivity index (χ3v) is 2.71. The van der Waals surface area contributed by atoms with Crippen LogP contribution >= 0.6 is 0 Å². The third kappa shape index (κ3) is 5.45. The molecule has 0 aliphatic carbocycles. The Morgan fingerprint density at radius 3 is 2.89 bits per heavy atom. The Kier molecular flexibility index (Phi) is 6.48. The average Bonchev–Trinajstić information content (AvgIpc) is 2.41. The molecule has 0 atom stereocenters. The summed E-state index contributed by atoms with van der Waals surface area (Å²) in [5, 5.41) is 2.86. The van der Waals surface area contributed by atoms with Crippen molar-refractivity contribution in [3.8, 4) is 18.1 Å². The monoisotopic (exact) mass is 260 g/mol. The Balaban J connectivity index is 2.27. The zero-order chi connectivity index (χ0) is 14.1. The molecule has 0 aromatic heterocycles. The van der Waals surface area contributed by atoms with Crippen LogP contribution in [-0.2, 0) is 4.79 Å². The van der Waals surface area contributed by atoms with E-state index < -0.39 is 0 Å². The van der Waals surface area contributed by atoms with Gasteiger partial charge in [0.2, 0.25) is 5.91 Å². The lowest BCUT2D eigenvalue weighted by molar-refractivity contribution is -0.129. The van der Waals surface area contributed by atoms with Crippen molar-refractivity contribution in [3.63, 3.8) is 0 Å². The van der Waals surface area contributed by atoms with Crippen LogP contribution in [0.4, 0.5) is 0 Å². The summed E-state index contributed by atoms with van der Waals surface area (Å²) in [6.07, 6.45) is 5.09. The summed E-state index contributed by atoms with van der Waals surface area (Å²) >= 11 is 0. The van der Waals surface area contributed by atoms with E-state index in [0.717, 1.165) is 11.3 Å². The number of terminal acetylenes is 1. The predicted octanol–water partition coefficient (Wildman–Crippen LogP) is 1.06.